The summed E-state index contributed by atoms with van der Waals surface area (Å²) in [6.07, 6.45) is 0. The maximum Gasteiger partial charge on any atom is 0.338 e. The van der Waals surface area contributed by atoms with Gasteiger partial charge in [-0.05, 0) is 18.2 Å². The number of rotatable bonds is 4. The highest BCUT2D eigenvalue weighted by molar-refractivity contribution is 6.08. The fraction of sp³-hybridized carbons (Fsp3) is 0. The monoisotopic (exact) mass is 322 g/mol. The van der Waals surface area contributed by atoms with Crippen LogP contribution in [0.25, 0.3) is 0 Å². The first kappa shape index (κ1) is 16.0. The van der Waals surface area contributed by atoms with Gasteiger partial charge in [0, 0.05) is 18.2 Å². The van der Waals surface area contributed by atoms with Crippen LogP contribution in [0.4, 0.5) is 20.2 Å². The van der Waals surface area contributed by atoms with E-state index in [1.54, 1.807) is 0 Å². The van der Waals surface area contributed by atoms with E-state index in [2.05, 4.69) is 5.32 Å². The molecule has 2 aromatic carbocycles. The van der Waals surface area contributed by atoms with Gasteiger partial charge in [-0.15, -0.1) is 0 Å². The maximum atomic E-state index is 13.5. The van der Waals surface area contributed by atoms with E-state index in [-0.39, 0.29) is 5.69 Å². The Morgan fingerprint density at radius 2 is 1.78 bits per heavy atom. The molecule has 0 unspecified atom stereocenters. The number of nitro benzene ring substituents is 1. The summed E-state index contributed by atoms with van der Waals surface area (Å²) in [6.45, 7) is 0. The van der Waals surface area contributed by atoms with Gasteiger partial charge in [-0.1, -0.05) is 0 Å². The van der Waals surface area contributed by atoms with E-state index in [1.165, 1.54) is 0 Å². The van der Waals surface area contributed by atoms with Crippen LogP contribution < -0.4 is 5.32 Å². The summed E-state index contributed by atoms with van der Waals surface area (Å²) in [6, 6.07) is 5.03. The Balaban J connectivity index is 2.37. The van der Waals surface area contributed by atoms with E-state index in [9.17, 15) is 28.5 Å². The lowest BCUT2D eigenvalue weighted by molar-refractivity contribution is -0.384. The van der Waals surface area contributed by atoms with Crippen molar-refractivity contribution in [1.82, 2.24) is 0 Å². The van der Waals surface area contributed by atoms with Crippen molar-refractivity contribution in [2.45, 2.75) is 0 Å². The molecule has 0 fully saturated rings. The number of non-ortho nitro benzene ring substituents is 1. The number of hydrogen-bond acceptors (Lipinski definition) is 4. The zero-order valence-corrected chi connectivity index (χ0v) is 11.2. The topological polar surface area (TPSA) is 110 Å². The molecular formula is C14H8F2N2O5. The van der Waals surface area contributed by atoms with Crippen LogP contribution in [-0.4, -0.2) is 21.9 Å². The van der Waals surface area contributed by atoms with Crippen LogP contribution in [-0.2, 0) is 0 Å². The smallest absolute Gasteiger partial charge is 0.338 e. The van der Waals surface area contributed by atoms with Gasteiger partial charge in [0.2, 0.25) is 0 Å². The molecule has 0 atom stereocenters. The number of hydrogen-bond donors (Lipinski definition) is 2. The maximum absolute atomic E-state index is 13.5. The summed E-state index contributed by atoms with van der Waals surface area (Å²) < 4.78 is 26.3. The molecule has 0 bridgehead atoms. The summed E-state index contributed by atoms with van der Waals surface area (Å²) in [5.41, 5.74) is -1.76. The molecule has 0 aliphatic heterocycles. The molecule has 0 radical (unpaired) electrons. The molecule has 7 nitrogen and oxygen atoms in total. The lowest BCUT2D eigenvalue weighted by Crippen LogP contribution is -2.16. The Kier molecular flexibility index (Phi) is 4.30. The van der Waals surface area contributed by atoms with Gasteiger partial charge in [-0.2, -0.15) is 0 Å². The molecule has 0 heterocycles. The van der Waals surface area contributed by atoms with E-state index in [1.807, 2.05) is 0 Å². The highest BCUT2D eigenvalue weighted by Gasteiger charge is 2.19. The minimum Gasteiger partial charge on any atom is -0.478 e. The third kappa shape index (κ3) is 3.46. The number of anilines is 1. The lowest BCUT2D eigenvalue weighted by atomic mass is 10.1. The van der Waals surface area contributed by atoms with E-state index in [0.29, 0.717) is 6.07 Å². The number of nitrogens with zero attached hydrogens (tertiary/aromatic N) is 1. The van der Waals surface area contributed by atoms with Gasteiger partial charge in [0.25, 0.3) is 11.6 Å². The minimum atomic E-state index is -1.51. The summed E-state index contributed by atoms with van der Waals surface area (Å²) in [7, 11) is 0. The zero-order valence-electron chi connectivity index (χ0n) is 11.2. The molecule has 1 amide bonds. The third-order valence-corrected chi connectivity index (χ3v) is 2.87. The fourth-order valence-corrected chi connectivity index (χ4v) is 1.80. The molecule has 2 rings (SSSR count). The van der Waals surface area contributed by atoms with Gasteiger partial charge in [0.05, 0.1) is 21.7 Å². The molecule has 2 aromatic rings. The normalized spacial score (nSPS) is 10.2. The SMILES string of the molecule is O=C(Nc1ccc([N+](=O)[O-])cc1C(=O)O)c1ccc(F)cc1F. The molecule has 0 saturated carbocycles. The van der Waals surface area contributed by atoms with Crippen molar-refractivity contribution >= 4 is 23.3 Å². The van der Waals surface area contributed by atoms with E-state index >= 15 is 0 Å². The van der Waals surface area contributed by atoms with Gasteiger partial charge < -0.3 is 10.4 Å². The molecular weight excluding hydrogens is 314 g/mol. The number of carbonyl (C=O) groups excluding carboxylic acids is 1. The molecule has 118 valence electrons. The summed E-state index contributed by atoms with van der Waals surface area (Å²) in [5, 5.41) is 21.8. The van der Waals surface area contributed by atoms with Crippen LogP contribution in [0.3, 0.4) is 0 Å². The summed E-state index contributed by atoms with van der Waals surface area (Å²) in [4.78, 5) is 32.9. The van der Waals surface area contributed by atoms with Crippen molar-refractivity contribution in [2.75, 3.05) is 5.32 Å². The van der Waals surface area contributed by atoms with Gasteiger partial charge in [0.1, 0.15) is 11.6 Å². The quantitative estimate of drug-likeness (QED) is 0.664. The highest BCUT2D eigenvalue weighted by atomic mass is 19.1. The molecule has 2 N–H and O–H groups in total. The average Bonchev–Trinajstić information content (AvgIpc) is 2.46. The fourth-order valence-electron chi connectivity index (χ4n) is 1.80. The first-order valence-electron chi connectivity index (χ1n) is 6.07. The van der Waals surface area contributed by atoms with Gasteiger partial charge in [-0.3, -0.25) is 14.9 Å². The Labute approximate surface area is 127 Å². The Hall–Kier alpha value is -3.36. The number of carboxylic acids is 1. The second kappa shape index (κ2) is 6.18. The molecule has 0 saturated heterocycles. The van der Waals surface area contributed by atoms with Gasteiger partial charge in [-0.25, -0.2) is 13.6 Å². The van der Waals surface area contributed by atoms with Crippen molar-refractivity contribution in [3.05, 3.63) is 69.3 Å². The Morgan fingerprint density at radius 1 is 1.09 bits per heavy atom. The van der Waals surface area contributed by atoms with E-state index < -0.39 is 45.2 Å². The number of nitrogens with one attached hydrogen (secondary N) is 1. The van der Waals surface area contributed by atoms with Gasteiger partial charge in [0.15, 0.2) is 0 Å². The zero-order chi connectivity index (χ0) is 17.1. The number of benzene rings is 2. The minimum absolute atomic E-state index is 0.253. The number of amides is 1. The number of aromatic carboxylic acids is 1. The number of carbonyl (C=O) groups is 2. The predicted molar refractivity (Wildman–Crippen MR) is 74.4 cm³/mol. The molecule has 0 spiro atoms. The third-order valence-electron chi connectivity index (χ3n) is 2.87. The van der Waals surface area contributed by atoms with Crippen LogP contribution >= 0.6 is 0 Å². The van der Waals surface area contributed by atoms with Crippen LogP contribution in [0.5, 0.6) is 0 Å². The predicted octanol–water partition coefficient (Wildman–Crippen LogP) is 2.82. The molecule has 0 aliphatic carbocycles. The largest absolute Gasteiger partial charge is 0.478 e. The number of carboxylic acid groups (broad SMARTS) is 1. The van der Waals surface area contributed by atoms with Crippen molar-refractivity contribution in [2.24, 2.45) is 0 Å². The standard InChI is InChI=1S/C14H8F2N2O5/c15-7-1-3-9(11(16)5-7)13(19)17-12-4-2-8(18(22)23)6-10(12)14(20)21/h1-6H,(H,17,19)(H,20,21). The van der Waals surface area contributed by atoms with Crippen molar-refractivity contribution < 1.29 is 28.4 Å². The number of halogens is 2. The first-order chi connectivity index (χ1) is 10.8. The van der Waals surface area contributed by atoms with Crippen LogP contribution in [0.15, 0.2) is 36.4 Å². The molecule has 23 heavy (non-hydrogen) atoms. The van der Waals surface area contributed by atoms with Gasteiger partial charge >= 0.3 is 5.97 Å². The van der Waals surface area contributed by atoms with Crippen molar-refractivity contribution in [1.29, 1.82) is 0 Å². The Bertz CT molecular complexity index is 823. The molecule has 9 heteroatoms. The highest BCUT2D eigenvalue weighted by Crippen LogP contribution is 2.23. The van der Waals surface area contributed by atoms with E-state index in [4.69, 9.17) is 5.11 Å². The van der Waals surface area contributed by atoms with Crippen molar-refractivity contribution in [3.63, 3.8) is 0 Å². The molecule has 0 aromatic heterocycles. The summed E-state index contributed by atoms with van der Waals surface area (Å²) >= 11 is 0. The lowest BCUT2D eigenvalue weighted by Gasteiger charge is -2.09. The van der Waals surface area contributed by atoms with Crippen LogP contribution in [0.2, 0.25) is 0 Å². The first-order valence-corrected chi connectivity index (χ1v) is 6.07. The molecule has 0 aliphatic rings. The van der Waals surface area contributed by atoms with Crippen molar-refractivity contribution in [3.8, 4) is 0 Å². The second-order valence-electron chi connectivity index (χ2n) is 4.37. The summed E-state index contributed by atoms with van der Waals surface area (Å²) in [5.74, 6) is -4.52. The second-order valence-corrected chi connectivity index (χ2v) is 4.37. The van der Waals surface area contributed by atoms with Crippen LogP contribution in [0.1, 0.15) is 20.7 Å². The Morgan fingerprint density at radius 3 is 2.35 bits per heavy atom. The van der Waals surface area contributed by atoms with Crippen LogP contribution in [0, 0.1) is 21.7 Å². The number of nitro groups is 1. The van der Waals surface area contributed by atoms with E-state index in [0.717, 1.165) is 30.3 Å². The average molecular weight is 322 g/mol.